The number of aryl methyl sites for hydroxylation is 1. The summed E-state index contributed by atoms with van der Waals surface area (Å²) in [6.07, 6.45) is 7.68. The zero-order chi connectivity index (χ0) is 16.3. The number of amides is 2. The highest BCUT2D eigenvalue weighted by atomic mass is 32.1. The molecule has 1 atom stereocenters. The lowest BCUT2D eigenvalue weighted by molar-refractivity contribution is 0.168. The Hall–Kier alpha value is -1.82. The molecule has 1 N–H and O–H groups in total. The SMILES string of the molecule is CCCn1cc(NC(=O)N2CCCC2(C)Cc2cccs2)cn1. The van der Waals surface area contributed by atoms with Crippen molar-refractivity contribution >= 4 is 23.1 Å². The van der Waals surface area contributed by atoms with Crippen LogP contribution in [-0.2, 0) is 13.0 Å². The summed E-state index contributed by atoms with van der Waals surface area (Å²) in [7, 11) is 0. The van der Waals surface area contributed by atoms with E-state index in [4.69, 9.17) is 0 Å². The number of nitrogens with one attached hydrogen (secondary N) is 1. The molecule has 2 aromatic rings. The first kappa shape index (κ1) is 16.1. The Bertz CT molecular complexity index is 651. The molecule has 5 nitrogen and oxygen atoms in total. The molecule has 1 unspecified atom stereocenters. The molecule has 23 heavy (non-hydrogen) atoms. The second kappa shape index (κ2) is 6.74. The molecule has 0 bridgehead atoms. The number of urea groups is 1. The lowest BCUT2D eigenvalue weighted by Crippen LogP contribution is -2.48. The predicted molar refractivity (Wildman–Crippen MR) is 93.9 cm³/mol. The van der Waals surface area contributed by atoms with Gasteiger partial charge in [0, 0.05) is 36.1 Å². The summed E-state index contributed by atoms with van der Waals surface area (Å²) in [6, 6.07) is 4.21. The molecule has 0 aliphatic carbocycles. The molecule has 3 rings (SSSR count). The Balaban J connectivity index is 1.67. The molecule has 2 aromatic heterocycles. The maximum atomic E-state index is 12.7. The van der Waals surface area contributed by atoms with E-state index in [9.17, 15) is 4.79 Å². The van der Waals surface area contributed by atoms with Crippen LogP contribution in [0.2, 0.25) is 0 Å². The Morgan fingerprint density at radius 3 is 3.13 bits per heavy atom. The van der Waals surface area contributed by atoms with Crippen LogP contribution in [0.3, 0.4) is 0 Å². The number of aromatic nitrogens is 2. The first-order valence-electron chi connectivity index (χ1n) is 8.24. The van der Waals surface area contributed by atoms with Crippen LogP contribution in [0.15, 0.2) is 29.9 Å². The van der Waals surface area contributed by atoms with E-state index in [1.54, 1.807) is 17.5 Å². The monoisotopic (exact) mass is 332 g/mol. The fourth-order valence-corrected chi connectivity index (χ4v) is 4.20. The van der Waals surface area contributed by atoms with E-state index >= 15 is 0 Å². The summed E-state index contributed by atoms with van der Waals surface area (Å²) in [6.45, 7) is 5.99. The average molecular weight is 332 g/mol. The van der Waals surface area contributed by atoms with Crippen molar-refractivity contribution in [2.24, 2.45) is 0 Å². The van der Waals surface area contributed by atoms with E-state index in [-0.39, 0.29) is 11.6 Å². The summed E-state index contributed by atoms with van der Waals surface area (Å²) >= 11 is 1.76. The number of hydrogen-bond donors (Lipinski definition) is 1. The zero-order valence-corrected chi connectivity index (χ0v) is 14.6. The van der Waals surface area contributed by atoms with E-state index in [1.165, 1.54) is 4.88 Å². The van der Waals surface area contributed by atoms with Crippen LogP contribution < -0.4 is 5.32 Å². The molecule has 0 aromatic carbocycles. The number of anilines is 1. The van der Waals surface area contributed by atoms with Crippen molar-refractivity contribution < 1.29 is 4.79 Å². The van der Waals surface area contributed by atoms with Crippen molar-refractivity contribution in [1.29, 1.82) is 0 Å². The smallest absolute Gasteiger partial charge is 0.319 e. The molecule has 6 heteroatoms. The van der Waals surface area contributed by atoms with Gasteiger partial charge in [-0.1, -0.05) is 13.0 Å². The first-order valence-corrected chi connectivity index (χ1v) is 9.12. The number of rotatable bonds is 5. The summed E-state index contributed by atoms with van der Waals surface area (Å²) in [5.41, 5.74) is 0.669. The van der Waals surface area contributed by atoms with Gasteiger partial charge >= 0.3 is 6.03 Å². The molecule has 1 fully saturated rings. The zero-order valence-electron chi connectivity index (χ0n) is 13.8. The van der Waals surface area contributed by atoms with Crippen molar-refractivity contribution in [2.45, 2.75) is 51.6 Å². The van der Waals surface area contributed by atoms with Crippen LogP contribution in [0.1, 0.15) is 38.0 Å². The van der Waals surface area contributed by atoms with Gasteiger partial charge in [-0.3, -0.25) is 4.68 Å². The number of nitrogens with zero attached hydrogens (tertiary/aromatic N) is 3. The van der Waals surface area contributed by atoms with Gasteiger partial charge < -0.3 is 10.2 Å². The van der Waals surface area contributed by atoms with Gasteiger partial charge in [-0.15, -0.1) is 11.3 Å². The fraction of sp³-hybridized carbons (Fsp3) is 0.529. The van der Waals surface area contributed by atoms with E-state index < -0.39 is 0 Å². The van der Waals surface area contributed by atoms with Crippen LogP contribution in [0.4, 0.5) is 10.5 Å². The minimum absolute atomic E-state index is 0.0161. The van der Waals surface area contributed by atoms with Gasteiger partial charge in [-0.05, 0) is 37.6 Å². The summed E-state index contributed by atoms with van der Waals surface area (Å²) in [5.74, 6) is 0. The minimum Gasteiger partial charge on any atom is -0.319 e. The molecule has 1 aliphatic heterocycles. The van der Waals surface area contributed by atoms with E-state index in [1.807, 2.05) is 15.8 Å². The Labute approximate surface area is 141 Å². The molecule has 1 aliphatic rings. The third kappa shape index (κ3) is 3.58. The van der Waals surface area contributed by atoms with Gasteiger partial charge in [-0.25, -0.2) is 4.79 Å². The second-order valence-corrected chi connectivity index (χ2v) is 7.46. The highest BCUT2D eigenvalue weighted by Crippen LogP contribution is 2.34. The van der Waals surface area contributed by atoms with Crippen LogP contribution in [0, 0.1) is 0 Å². The number of carbonyl (C=O) groups is 1. The van der Waals surface area contributed by atoms with Crippen LogP contribution in [0.25, 0.3) is 0 Å². The number of thiophene rings is 1. The van der Waals surface area contributed by atoms with Crippen molar-refractivity contribution in [3.8, 4) is 0 Å². The van der Waals surface area contributed by atoms with Crippen LogP contribution >= 0.6 is 11.3 Å². The predicted octanol–water partition coefficient (Wildman–Crippen LogP) is 3.98. The average Bonchev–Trinajstić information content (AvgIpc) is 3.22. The van der Waals surface area contributed by atoms with E-state index in [2.05, 4.69) is 41.8 Å². The van der Waals surface area contributed by atoms with Crippen molar-refractivity contribution in [1.82, 2.24) is 14.7 Å². The highest BCUT2D eigenvalue weighted by molar-refractivity contribution is 7.09. The summed E-state index contributed by atoms with van der Waals surface area (Å²) in [4.78, 5) is 16.0. The third-order valence-corrected chi connectivity index (χ3v) is 5.34. The van der Waals surface area contributed by atoms with E-state index in [0.717, 1.165) is 44.5 Å². The Morgan fingerprint density at radius 1 is 1.52 bits per heavy atom. The van der Waals surface area contributed by atoms with Gasteiger partial charge in [0.1, 0.15) is 0 Å². The number of carbonyl (C=O) groups excluding carboxylic acids is 1. The summed E-state index contributed by atoms with van der Waals surface area (Å²) < 4.78 is 1.87. The quantitative estimate of drug-likeness (QED) is 0.900. The standard InChI is InChI=1S/C17H24N4OS/c1-3-8-20-13-14(12-18-20)19-16(22)21-9-5-7-17(21,2)11-15-6-4-10-23-15/h4,6,10,12-13H,3,5,7-9,11H2,1-2H3,(H,19,22). The minimum atomic E-state index is -0.103. The summed E-state index contributed by atoms with van der Waals surface area (Å²) in [5, 5.41) is 9.37. The molecule has 1 saturated heterocycles. The maximum absolute atomic E-state index is 12.7. The molecule has 0 saturated carbocycles. The Morgan fingerprint density at radius 2 is 2.39 bits per heavy atom. The molecular formula is C17H24N4OS. The first-order chi connectivity index (χ1) is 11.1. The van der Waals surface area contributed by atoms with Gasteiger partial charge in [0.15, 0.2) is 0 Å². The van der Waals surface area contributed by atoms with Gasteiger partial charge in [-0.2, -0.15) is 5.10 Å². The lowest BCUT2D eigenvalue weighted by Gasteiger charge is -2.35. The van der Waals surface area contributed by atoms with Crippen molar-refractivity contribution in [3.63, 3.8) is 0 Å². The second-order valence-electron chi connectivity index (χ2n) is 6.43. The van der Waals surface area contributed by atoms with Crippen molar-refractivity contribution in [3.05, 3.63) is 34.8 Å². The molecule has 0 radical (unpaired) electrons. The molecule has 0 spiro atoms. The maximum Gasteiger partial charge on any atom is 0.322 e. The number of hydrogen-bond acceptors (Lipinski definition) is 3. The Kier molecular flexibility index (Phi) is 4.71. The molecular weight excluding hydrogens is 308 g/mol. The molecule has 124 valence electrons. The fourth-order valence-electron chi connectivity index (χ4n) is 3.31. The topological polar surface area (TPSA) is 50.2 Å². The van der Waals surface area contributed by atoms with Crippen LogP contribution in [0.5, 0.6) is 0 Å². The van der Waals surface area contributed by atoms with Crippen LogP contribution in [-0.4, -0.2) is 32.8 Å². The number of likely N-dealkylation sites (tertiary alicyclic amines) is 1. The van der Waals surface area contributed by atoms with Gasteiger partial charge in [0.25, 0.3) is 0 Å². The van der Waals surface area contributed by atoms with Gasteiger partial charge in [0.05, 0.1) is 11.9 Å². The normalized spacial score (nSPS) is 20.9. The lowest BCUT2D eigenvalue weighted by atomic mass is 9.94. The highest BCUT2D eigenvalue weighted by Gasteiger charge is 2.39. The van der Waals surface area contributed by atoms with E-state index in [0.29, 0.717) is 0 Å². The van der Waals surface area contributed by atoms with Gasteiger partial charge in [0.2, 0.25) is 0 Å². The third-order valence-electron chi connectivity index (χ3n) is 4.47. The van der Waals surface area contributed by atoms with Crippen molar-refractivity contribution in [2.75, 3.05) is 11.9 Å². The largest absolute Gasteiger partial charge is 0.322 e. The molecule has 3 heterocycles. The molecule has 2 amide bonds.